The van der Waals surface area contributed by atoms with Crippen molar-refractivity contribution in [2.24, 2.45) is 0 Å². The first kappa shape index (κ1) is 39.3. The Morgan fingerprint density at radius 1 is 0.621 bits per heavy atom. The van der Waals surface area contributed by atoms with Gasteiger partial charge in [-0.1, -0.05) is 82.1 Å². The number of methoxy groups -OCH3 is 2. The highest BCUT2D eigenvalue weighted by molar-refractivity contribution is 7.43. The highest BCUT2D eigenvalue weighted by atomic mass is 31.2. The number of aryl methyl sites for hydroxylation is 1. The second-order valence-electron chi connectivity index (χ2n) is 14.3. The molecule has 0 amide bonds. The van der Waals surface area contributed by atoms with Crippen LogP contribution in [0.4, 0.5) is 0 Å². The lowest BCUT2D eigenvalue weighted by atomic mass is 9.90. The Hall–Kier alpha value is -5.56. The molecule has 0 spiro atoms. The topological polar surface area (TPSA) is 108 Å². The van der Waals surface area contributed by atoms with Crippen molar-refractivity contribution in [2.45, 2.75) is 65.2 Å². The molecule has 8 rings (SSSR count). The number of ether oxygens (including phenoxy) is 2. The van der Waals surface area contributed by atoms with Crippen molar-refractivity contribution < 1.29 is 46.2 Å². The normalized spacial score (nSPS) is 16.3. The molecule has 0 fully saturated rings. The zero-order chi connectivity index (χ0) is 40.3. The van der Waals surface area contributed by atoms with E-state index < -0.39 is 29.1 Å². The largest absolute Gasteiger partial charge is 0.532 e. The van der Waals surface area contributed by atoms with Gasteiger partial charge in [-0.05, 0) is 101 Å². The minimum absolute atomic E-state index is 0.156. The average Bonchev–Trinajstić information content (AvgIpc) is 3.24. The van der Waals surface area contributed by atoms with Crippen LogP contribution in [0.3, 0.4) is 0 Å². The maximum absolute atomic E-state index is 13.9. The predicted octanol–water partition coefficient (Wildman–Crippen LogP) is 12.6. The zero-order valence-corrected chi connectivity index (χ0v) is 34.8. The first-order valence-electron chi connectivity index (χ1n) is 19.5. The van der Waals surface area contributed by atoms with E-state index in [-0.39, 0.29) is 23.5 Å². The highest BCUT2D eigenvalue weighted by Gasteiger charge is 2.39. The van der Waals surface area contributed by atoms with Gasteiger partial charge >= 0.3 is 29.1 Å². The van der Waals surface area contributed by atoms with Crippen molar-refractivity contribution in [3.05, 3.63) is 130 Å². The standard InChI is InChI=1S/C46H44O10P2/c1-6-8-14-31-23-32(49-4)19-21-41(31)51-57-53-43-37(34-17-11-9-15-29(34)24-39(43)45(47)55-57)27-38-35-18-12-10-16-30(35)25-40-44(38)54-58(56-46(40)48)52-42-22-20-33(50-5)26-36(42)28(3)13-7-2/h9-12,15-26,28H,6-8,13-14,27H2,1-5H3. The minimum atomic E-state index is -2.20. The van der Waals surface area contributed by atoms with Gasteiger partial charge in [-0.25, -0.2) is 9.59 Å². The molecule has 2 aliphatic heterocycles. The third kappa shape index (κ3) is 7.84. The monoisotopic (exact) mass is 818 g/mol. The summed E-state index contributed by atoms with van der Waals surface area (Å²) in [6, 6.07) is 30.4. The molecule has 58 heavy (non-hydrogen) atoms. The van der Waals surface area contributed by atoms with Gasteiger partial charge in [-0.2, -0.15) is 0 Å². The fourth-order valence-corrected chi connectivity index (χ4v) is 9.62. The van der Waals surface area contributed by atoms with Gasteiger partial charge in [0.2, 0.25) is 0 Å². The van der Waals surface area contributed by atoms with E-state index in [1.807, 2.05) is 84.9 Å². The van der Waals surface area contributed by atoms with Gasteiger partial charge in [-0.3, -0.25) is 0 Å². The fourth-order valence-electron chi connectivity index (χ4n) is 7.55. The molecule has 0 saturated carbocycles. The molecule has 0 aliphatic carbocycles. The quantitative estimate of drug-likeness (QED) is 0.0986. The molecular weight excluding hydrogens is 774 g/mol. The van der Waals surface area contributed by atoms with E-state index in [1.54, 1.807) is 26.4 Å². The molecule has 298 valence electrons. The molecule has 6 aromatic carbocycles. The van der Waals surface area contributed by atoms with E-state index in [1.165, 1.54) is 0 Å². The molecule has 6 aromatic rings. The molecule has 0 radical (unpaired) electrons. The molecule has 0 saturated heterocycles. The molecule has 12 heteroatoms. The van der Waals surface area contributed by atoms with Gasteiger partial charge in [0.1, 0.15) is 45.6 Å². The summed E-state index contributed by atoms with van der Waals surface area (Å²) in [6.07, 6.45) is 4.83. The van der Waals surface area contributed by atoms with Gasteiger partial charge in [0.25, 0.3) is 0 Å². The molecule has 2 heterocycles. The van der Waals surface area contributed by atoms with Crippen LogP contribution >= 0.6 is 17.2 Å². The number of rotatable bonds is 14. The molecule has 0 aromatic heterocycles. The van der Waals surface area contributed by atoms with Crippen molar-refractivity contribution in [3.8, 4) is 34.5 Å². The summed E-state index contributed by atoms with van der Waals surface area (Å²) in [7, 11) is -1.14. The molecule has 0 bridgehead atoms. The molecule has 2 aliphatic rings. The van der Waals surface area contributed by atoms with Crippen LogP contribution in [-0.4, -0.2) is 26.2 Å². The van der Waals surface area contributed by atoms with Crippen LogP contribution in [0.2, 0.25) is 0 Å². The second-order valence-corrected chi connectivity index (χ2v) is 16.3. The van der Waals surface area contributed by atoms with Crippen molar-refractivity contribution in [1.82, 2.24) is 0 Å². The summed E-state index contributed by atoms with van der Waals surface area (Å²) in [5.74, 6) is 2.31. The van der Waals surface area contributed by atoms with E-state index in [4.69, 9.17) is 36.6 Å². The van der Waals surface area contributed by atoms with Gasteiger partial charge < -0.3 is 36.6 Å². The number of fused-ring (bicyclic) bond motifs is 4. The van der Waals surface area contributed by atoms with E-state index in [0.29, 0.717) is 34.5 Å². The number of carbonyl (C=O) groups is 2. The third-order valence-electron chi connectivity index (χ3n) is 10.5. The lowest BCUT2D eigenvalue weighted by Gasteiger charge is -2.28. The predicted molar refractivity (Wildman–Crippen MR) is 226 cm³/mol. The number of unbranched alkanes of at least 4 members (excludes halogenated alkanes) is 1. The fraction of sp³-hybridized carbons (Fsp3) is 0.261. The average molecular weight is 819 g/mol. The molecular formula is C46H44O10P2. The van der Waals surface area contributed by atoms with Crippen molar-refractivity contribution in [2.75, 3.05) is 14.2 Å². The first-order valence-corrected chi connectivity index (χ1v) is 21.7. The highest BCUT2D eigenvalue weighted by Crippen LogP contribution is 2.55. The van der Waals surface area contributed by atoms with Gasteiger partial charge in [-0.15, -0.1) is 0 Å². The van der Waals surface area contributed by atoms with Gasteiger partial charge in [0, 0.05) is 23.1 Å². The van der Waals surface area contributed by atoms with Crippen LogP contribution in [0.5, 0.6) is 34.5 Å². The van der Waals surface area contributed by atoms with E-state index in [0.717, 1.165) is 75.9 Å². The summed E-state index contributed by atoms with van der Waals surface area (Å²) >= 11 is 0. The smallest absolute Gasteiger partial charge is 0.497 e. The first-order chi connectivity index (χ1) is 28.3. The number of carbonyl (C=O) groups excluding carboxylic acids is 2. The van der Waals surface area contributed by atoms with Crippen LogP contribution in [-0.2, 0) is 21.9 Å². The number of hydrogen-bond donors (Lipinski definition) is 0. The summed E-state index contributed by atoms with van der Waals surface area (Å²) in [5, 5.41) is 3.39. The Balaban J connectivity index is 1.20. The molecule has 0 N–H and O–H groups in total. The molecule has 3 atom stereocenters. The SMILES string of the molecule is CCCCc1cc(OC)ccc1OP1OC(=O)c2cc3ccccc3c(Cc3c4c(cc5ccccc35)C(=O)OP(Oc3ccc(OC)cc3C(C)CCC)O4)c2O1. The zero-order valence-electron chi connectivity index (χ0n) is 33.0. The van der Waals surface area contributed by atoms with Crippen LogP contribution in [0.15, 0.2) is 97.1 Å². The van der Waals surface area contributed by atoms with Crippen LogP contribution in [0.1, 0.15) is 95.3 Å². The summed E-state index contributed by atoms with van der Waals surface area (Å²) in [5.41, 5.74) is 3.87. The van der Waals surface area contributed by atoms with E-state index in [9.17, 15) is 9.59 Å². The Morgan fingerprint density at radius 2 is 1.16 bits per heavy atom. The lowest BCUT2D eigenvalue weighted by Crippen LogP contribution is -2.18. The van der Waals surface area contributed by atoms with Crippen LogP contribution in [0, 0.1) is 0 Å². The second kappa shape index (κ2) is 17.1. The molecule has 10 nitrogen and oxygen atoms in total. The van der Waals surface area contributed by atoms with Crippen LogP contribution < -0.4 is 27.6 Å². The Bertz CT molecular complexity index is 2520. The van der Waals surface area contributed by atoms with E-state index >= 15 is 0 Å². The van der Waals surface area contributed by atoms with Crippen molar-refractivity contribution >= 4 is 50.7 Å². The summed E-state index contributed by atoms with van der Waals surface area (Å²) in [6.45, 7) is 6.39. The van der Waals surface area contributed by atoms with Gasteiger partial charge in [0.15, 0.2) is 0 Å². The van der Waals surface area contributed by atoms with Gasteiger partial charge in [0.05, 0.1) is 14.2 Å². The summed E-state index contributed by atoms with van der Waals surface area (Å²) < 4.78 is 48.7. The van der Waals surface area contributed by atoms with Crippen molar-refractivity contribution in [1.29, 1.82) is 0 Å². The molecule has 3 unspecified atom stereocenters. The number of benzene rings is 6. The Kier molecular flexibility index (Phi) is 11.6. The Morgan fingerprint density at radius 3 is 1.71 bits per heavy atom. The van der Waals surface area contributed by atoms with Crippen LogP contribution in [0.25, 0.3) is 21.5 Å². The maximum Gasteiger partial charge on any atom is 0.532 e. The summed E-state index contributed by atoms with van der Waals surface area (Å²) in [4.78, 5) is 27.8. The maximum atomic E-state index is 13.9. The minimum Gasteiger partial charge on any atom is -0.497 e. The van der Waals surface area contributed by atoms with Crippen molar-refractivity contribution in [3.63, 3.8) is 0 Å². The lowest BCUT2D eigenvalue weighted by molar-refractivity contribution is 0.0685. The third-order valence-corrected chi connectivity index (χ3v) is 12.5. The Labute approximate surface area is 340 Å². The number of hydrogen-bond acceptors (Lipinski definition) is 10. The van der Waals surface area contributed by atoms with E-state index in [2.05, 4.69) is 20.8 Å².